The molecule has 2 N–H and O–H groups in total. The maximum atomic E-state index is 5.72. The summed E-state index contributed by atoms with van der Waals surface area (Å²) < 4.78 is 5.72. The number of hydrogen-bond donors (Lipinski definition) is 1. The van der Waals surface area contributed by atoms with Crippen LogP contribution < -0.4 is 10.5 Å². The molecule has 0 bridgehead atoms. The van der Waals surface area contributed by atoms with Crippen LogP contribution in [-0.2, 0) is 6.61 Å². The molecule has 0 aliphatic carbocycles. The van der Waals surface area contributed by atoms with Gasteiger partial charge in [-0.3, -0.25) is 0 Å². The third-order valence-corrected chi connectivity index (χ3v) is 3.03. The zero-order chi connectivity index (χ0) is 13.0. The molecule has 0 aliphatic rings. The van der Waals surface area contributed by atoms with Crippen molar-refractivity contribution in [3.8, 4) is 5.75 Å². The van der Waals surface area contributed by atoms with Gasteiger partial charge in [-0.25, -0.2) is 0 Å². The highest BCUT2D eigenvalue weighted by molar-refractivity contribution is 7.80. The lowest BCUT2D eigenvalue weighted by molar-refractivity contribution is 0.305. The van der Waals surface area contributed by atoms with Gasteiger partial charge < -0.3 is 10.5 Å². The summed E-state index contributed by atoms with van der Waals surface area (Å²) in [4.78, 5) is 0.403. The van der Waals surface area contributed by atoms with Crippen molar-refractivity contribution in [3.05, 3.63) is 65.2 Å². The Morgan fingerprint density at radius 3 is 2.39 bits per heavy atom. The molecule has 0 saturated heterocycles. The first-order valence-electron chi connectivity index (χ1n) is 5.74. The highest BCUT2D eigenvalue weighted by Gasteiger charge is 2.00. The summed E-state index contributed by atoms with van der Waals surface area (Å²) in [5.41, 5.74) is 8.82. The van der Waals surface area contributed by atoms with Gasteiger partial charge in [0.15, 0.2) is 0 Å². The zero-order valence-electron chi connectivity index (χ0n) is 10.2. The van der Waals surface area contributed by atoms with Crippen LogP contribution in [0.5, 0.6) is 5.75 Å². The monoisotopic (exact) mass is 257 g/mol. The van der Waals surface area contributed by atoms with Crippen LogP contribution in [0, 0.1) is 6.92 Å². The second-order valence-corrected chi connectivity index (χ2v) is 4.54. The molecule has 0 spiro atoms. The van der Waals surface area contributed by atoms with Crippen molar-refractivity contribution < 1.29 is 4.74 Å². The minimum absolute atomic E-state index is 0.403. The Morgan fingerprint density at radius 1 is 1.11 bits per heavy atom. The van der Waals surface area contributed by atoms with Crippen LogP contribution in [0.1, 0.15) is 16.7 Å². The van der Waals surface area contributed by atoms with Gasteiger partial charge >= 0.3 is 0 Å². The van der Waals surface area contributed by atoms with Crippen molar-refractivity contribution in [2.75, 3.05) is 0 Å². The van der Waals surface area contributed by atoms with E-state index in [2.05, 4.69) is 19.1 Å². The van der Waals surface area contributed by atoms with Crippen LogP contribution in [0.25, 0.3) is 0 Å². The van der Waals surface area contributed by atoms with E-state index in [1.165, 1.54) is 11.1 Å². The molecule has 18 heavy (non-hydrogen) atoms. The van der Waals surface area contributed by atoms with Crippen LogP contribution in [0.4, 0.5) is 0 Å². The number of thiocarbonyl (C=S) groups is 1. The Bertz CT molecular complexity index is 549. The standard InChI is InChI=1S/C15H15NOS/c1-11-4-2-3-5-13(11)10-17-14-8-6-12(7-9-14)15(16)18/h2-9H,10H2,1H3,(H2,16,18). The Labute approximate surface area is 112 Å². The summed E-state index contributed by atoms with van der Waals surface area (Å²) in [6.45, 7) is 2.65. The summed E-state index contributed by atoms with van der Waals surface area (Å²) in [5.74, 6) is 0.818. The van der Waals surface area contributed by atoms with E-state index in [1.807, 2.05) is 36.4 Å². The number of benzene rings is 2. The molecule has 2 aromatic carbocycles. The molecule has 0 fully saturated rings. The van der Waals surface area contributed by atoms with Gasteiger partial charge in [-0.15, -0.1) is 0 Å². The molecule has 0 unspecified atom stereocenters. The van der Waals surface area contributed by atoms with E-state index in [1.54, 1.807) is 0 Å². The summed E-state index contributed by atoms with van der Waals surface area (Å²) >= 11 is 4.90. The minimum Gasteiger partial charge on any atom is -0.489 e. The third kappa shape index (κ3) is 3.08. The van der Waals surface area contributed by atoms with Gasteiger partial charge in [0.25, 0.3) is 0 Å². The maximum Gasteiger partial charge on any atom is 0.119 e. The van der Waals surface area contributed by atoms with Gasteiger partial charge in [0.1, 0.15) is 17.3 Å². The maximum absolute atomic E-state index is 5.72. The number of hydrogen-bond acceptors (Lipinski definition) is 2. The summed E-state index contributed by atoms with van der Waals surface area (Å²) in [6.07, 6.45) is 0. The Kier molecular flexibility index (Phi) is 3.95. The van der Waals surface area contributed by atoms with Crippen molar-refractivity contribution >= 4 is 17.2 Å². The van der Waals surface area contributed by atoms with Gasteiger partial charge in [0.2, 0.25) is 0 Å². The average molecular weight is 257 g/mol. The molecule has 0 saturated carbocycles. The zero-order valence-corrected chi connectivity index (χ0v) is 11.0. The van der Waals surface area contributed by atoms with Crippen molar-refractivity contribution in [2.24, 2.45) is 5.73 Å². The molecule has 2 rings (SSSR count). The Morgan fingerprint density at radius 2 is 1.78 bits per heavy atom. The molecule has 0 amide bonds. The van der Waals surface area contributed by atoms with E-state index in [0.29, 0.717) is 11.6 Å². The molecule has 0 aliphatic heterocycles. The average Bonchev–Trinajstić information content (AvgIpc) is 2.38. The normalized spacial score (nSPS) is 10.1. The van der Waals surface area contributed by atoms with Gasteiger partial charge in [-0.05, 0) is 42.3 Å². The van der Waals surface area contributed by atoms with E-state index < -0.39 is 0 Å². The van der Waals surface area contributed by atoms with Gasteiger partial charge in [-0.2, -0.15) is 0 Å². The van der Waals surface area contributed by atoms with E-state index >= 15 is 0 Å². The molecule has 0 radical (unpaired) electrons. The predicted molar refractivity (Wildman–Crippen MR) is 77.8 cm³/mol. The van der Waals surface area contributed by atoms with Crippen molar-refractivity contribution in [2.45, 2.75) is 13.5 Å². The molecular weight excluding hydrogens is 242 g/mol. The van der Waals surface area contributed by atoms with Crippen LogP contribution in [0.15, 0.2) is 48.5 Å². The van der Waals surface area contributed by atoms with E-state index in [-0.39, 0.29) is 0 Å². The lowest BCUT2D eigenvalue weighted by atomic mass is 10.1. The summed E-state index contributed by atoms with van der Waals surface area (Å²) in [5, 5.41) is 0. The molecule has 92 valence electrons. The fourth-order valence-corrected chi connectivity index (χ4v) is 1.78. The second-order valence-electron chi connectivity index (χ2n) is 4.10. The fraction of sp³-hybridized carbons (Fsp3) is 0.133. The highest BCUT2D eigenvalue weighted by atomic mass is 32.1. The lowest BCUT2D eigenvalue weighted by Gasteiger charge is -2.09. The van der Waals surface area contributed by atoms with E-state index in [9.17, 15) is 0 Å². The second kappa shape index (κ2) is 5.65. The molecule has 0 atom stereocenters. The van der Waals surface area contributed by atoms with Crippen LogP contribution in [0.3, 0.4) is 0 Å². The molecule has 0 heterocycles. The summed E-state index contributed by atoms with van der Waals surface area (Å²) in [7, 11) is 0. The number of ether oxygens (including phenoxy) is 1. The third-order valence-electron chi connectivity index (χ3n) is 2.79. The number of nitrogens with two attached hydrogens (primary N) is 1. The van der Waals surface area contributed by atoms with Crippen molar-refractivity contribution in [3.63, 3.8) is 0 Å². The minimum atomic E-state index is 0.403. The van der Waals surface area contributed by atoms with Crippen LogP contribution in [-0.4, -0.2) is 4.99 Å². The van der Waals surface area contributed by atoms with Gasteiger partial charge in [-0.1, -0.05) is 36.5 Å². The number of aryl methyl sites for hydroxylation is 1. The SMILES string of the molecule is Cc1ccccc1COc1ccc(C(N)=S)cc1. The Balaban J connectivity index is 2.02. The van der Waals surface area contributed by atoms with Crippen LogP contribution >= 0.6 is 12.2 Å². The molecule has 3 heteroatoms. The van der Waals surface area contributed by atoms with Crippen LogP contribution in [0.2, 0.25) is 0 Å². The van der Waals surface area contributed by atoms with E-state index in [0.717, 1.165) is 11.3 Å². The first kappa shape index (κ1) is 12.6. The van der Waals surface area contributed by atoms with Gasteiger partial charge in [0, 0.05) is 5.56 Å². The molecule has 2 nitrogen and oxygen atoms in total. The molecule has 0 aromatic heterocycles. The predicted octanol–water partition coefficient (Wildman–Crippen LogP) is 3.21. The van der Waals surface area contributed by atoms with Crippen molar-refractivity contribution in [1.82, 2.24) is 0 Å². The Hall–Kier alpha value is -1.87. The first-order chi connectivity index (χ1) is 8.66. The van der Waals surface area contributed by atoms with Gasteiger partial charge in [0.05, 0.1) is 0 Å². The van der Waals surface area contributed by atoms with Crippen molar-refractivity contribution in [1.29, 1.82) is 0 Å². The largest absolute Gasteiger partial charge is 0.489 e. The first-order valence-corrected chi connectivity index (χ1v) is 6.15. The number of rotatable bonds is 4. The topological polar surface area (TPSA) is 35.2 Å². The quantitative estimate of drug-likeness (QED) is 0.854. The lowest BCUT2D eigenvalue weighted by Crippen LogP contribution is -2.08. The highest BCUT2D eigenvalue weighted by Crippen LogP contribution is 2.15. The molecule has 2 aromatic rings. The molecular formula is C15H15NOS. The fourth-order valence-electron chi connectivity index (χ4n) is 1.65. The summed E-state index contributed by atoms with van der Waals surface area (Å²) in [6, 6.07) is 15.7. The smallest absolute Gasteiger partial charge is 0.119 e. The van der Waals surface area contributed by atoms with E-state index in [4.69, 9.17) is 22.7 Å².